The van der Waals surface area contributed by atoms with E-state index in [0.717, 1.165) is 18.7 Å². The topological polar surface area (TPSA) is 43.8 Å². The molecule has 0 bridgehead atoms. The second-order valence-corrected chi connectivity index (χ2v) is 4.46. The molecule has 2 N–H and O–H groups in total. The summed E-state index contributed by atoms with van der Waals surface area (Å²) in [7, 11) is 0. The van der Waals surface area contributed by atoms with Crippen LogP contribution >= 0.6 is 12.2 Å². The van der Waals surface area contributed by atoms with Crippen molar-refractivity contribution in [3.63, 3.8) is 0 Å². The van der Waals surface area contributed by atoms with Gasteiger partial charge in [-0.05, 0) is 25.8 Å². The molecule has 4 heteroatoms. The lowest BCUT2D eigenvalue weighted by Crippen LogP contribution is -2.23. The predicted octanol–water partition coefficient (Wildman–Crippen LogP) is 1.98. The maximum absolute atomic E-state index is 5.60. The van der Waals surface area contributed by atoms with E-state index in [-0.39, 0.29) is 5.92 Å². The normalized spacial score (nSPS) is 12.8. The van der Waals surface area contributed by atoms with Crippen LogP contribution in [0.3, 0.4) is 0 Å². The summed E-state index contributed by atoms with van der Waals surface area (Å²) in [6.45, 7) is 9.11. The van der Waals surface area contributed by atoms with E-state index in [2.05, 4.69) is 18.9 Å². The first-order valence-corrected chi connectivity index (χ1v) is 5.70. The zero-order valence-electron chi connectivity index (χ0n) is 9.87. The van der Waals surface area contributed by atoms with Crippen LogP contribution in [0.5, 0.6) is 0 Å². The molecule has 1 rings (SSSR count). The molecule has 0 aromatic carbocycles. The Morgan fingerprint density at radius 1 is 1.53 bits per heavy atom. The van der Waals surface area contributed by atoms with Crippen LogP contribution in [-0.2, 0) is 13.0 Å². The van der Waals surface area contributed by atoms with Crippen LogP contribution in [0, 0.1) is 19.8 Å². The number of hydrogen-bond acceptors (Lipinski definition) is 2. The van der Waals surface area contributed by atoms with E-state index in [1.165, 1.54) is 11.3 Å². The van der Waals surface area contributed by atoms with Gasteiger partial charge in [0.05, 0.1) is 17.2 Å². The van der Waals surface area contributed by atoms with Crippen molar-refractivity contribution < 1.29 is 0 Å². The van der Waals surface area contributed by atoms with Crippen LogP contribution in [0.4, 0.5) is 0 Å². The highest BCUT2D eigenvalue weighted by atomic mass is 32.1. The number of rotatable bonds is 4. The van der Waals surface area contributed by atoms with Crippen molar-refractivity contribution in [3.8, 4) is 0 Å². The zero-order chi connectivity index (χ0) is 11.6. The Hall–Kier alpha value is -0.900. The fraction of sp³-hybridized carbons (Fsp3) is 0.636. The van der Waals surface area contributed by atoms with Gasteiger partial charge in [0.2, 0.25) is 0 Å². The van der Waals surface area contributed by atoms with Crippen LogP contribution in [0.15, 0.2) is 0 Å². The van der Waals surface area contributed by atoms with E-state index in [9.17, 15) is 0 Å². The Morgan fingerprint density at radius 3 is 2.53 bits per heavy atom. The van der Waals surface area contributed by atoms with E-state index in [4.69, 9.17) is 18.0 Å². The van der Waals surface area contributed by atoms with Crippen molar-refractivity contribution >= 4 is 17.2 Å². The monoisotopic (exact) mass is 225 g/mol. The van der Waals surface area contributed by atoms with Crippen molar-refractivity contribution in [2.75, 3.05) is 0 Å². The highest BCUT2D eigenvalue weighted by Gasteiger charge is 2.13. The molecule has 84 valence electrons. The fourth-order valence-electron chi connectivity index (χ4n) is 1.77. The number of thiocarbonyl (C=S) groups is 1. The summed E-state index contributed by atoms with van der Waals surface area (Å²) in [6, 6.07) is 0. The first kappa shape index (κ1) is 12.2. The van der Waals surface area contributed by atoms with E-state index in [1.54, 1.807) is 0 Å². The largest absolute Gasteiger partial charge is 0.393 e. The molecule has 0 radical (unpaired) electrons. The summed E-state index contributed by atoms with van der Waals surface area (Å²) in [4.78, 5) is 0.556. The SMILES string of the molecule is CCc1c(C)nn(CC(C)C(N)=S)c1C. The minimum Gasteiger partial charge on any atom is -0.393 e. The molecule has 0 saturated heterocycles. The molecule has 0 spiro atoms. The summed E-state index contributed by atoms with van der Waals surface area (Å²) >= 11 is 4.97. The van der Waals surface area contributed by atoms with Gasteiger partial charge in [-0.1, -0.05) is 26.1 Å². The number of aromatic nitrogens is 2. The molecule has 0 fully saturated rings. The van der Waals surface area contributed by atoms with Gasteiger partial charge < -0.3 is 5.73 Å². The van der Waals surface area contributed by atoms with Crippen LogP contribution in [0.1, 0.15) is 30.8 Å². The lowest BCUT2D eigenvalue weighted by Gasteiger charge is -2.11. The average Bonchev–Trinajstić information content (AvgIpc) is 2.41. The second kappa shape index (κ2) is 4.75. The first-order valence-electron chi connectivity index (χ1n) is 5.29. The molecule has 0 aliphatic heterocycles. The third-order valence-corrected chi connectivity index (χ3v) is 3.22. The minimum absolute atomic E-state index is 0.197. The van der Waals surface area contributed by atoms with Crippen molar-refractivity contribution in [1.82, 2.24) is 9.78 Å². The van der Waals surface area contributed by atoms with Crippen LogP contribution < -0.4 is 5.73 Å². The molecule has 0 amide bonds. The van der Waals surface area contributed by atoms with E-state index in [0.29, 0.717) is 4.99 Å². The standard InChI is InChI=1S/C11H19N3S/c1-5-10-8(3)13-14(9(10)4)6-7(2)11(12)15/h7H,5-6H2,1-4H3,(H2,12,15). The van der Waals surface area contributed by atoms with E-state index < -0.39 is 0 Å². The van der Waals surface area contributed by atoms with Crippen LogP contribution in [0.2, 0.25) is 0 Å². The maximum Gasteiger partial charge on any atom is 0.0774 e. The Morgan fingerprint density at radius 2 is 2.13 bits per heavy atom. The fourth-order valence-corrected chi connectivity index (χ4v) is 1.85. The number of aryl methyl sites for hydroxylation is 1. The maximum atomic E-state index is 5.60. The third kappa shape index (κ3) is 2.56. The Labute approximate surface area is 96.7 Å². The molecular formula is C11H19N3S. The summed E-state index contributed by atoms with van der Waals surface area (Å²) in [6.07, 6.45) is 1.03. The molecule has 1 unspecified atom stereocenters. The molecule has 15 heavy (non-hydrogen) atoms. The predicted molar refractivity (Wildman–Crippen MR) is 67.0 cm³/mol. The van der Waals surface area contributed by atoms with Gasteiger partial charge in [0.1, 0.15) is 0 Å². The van der Waals surface area contributed by atoms with Gasteiger partial charge in [0.15, 0.2) is 0 Å². The van der Waals surface area contributed by atoms with Gasteiger partial charge in [-0.25, -0.2) is 0 Å². The Bertz CT molecular complexity index is 368. The summed E-state index contributed by atoms with van der Waals surface area (Å²) in [5.41, 5.74) is 9.29. The molecule has 0 aliphatic carbocycles. The van der Waals surface area contributed by atoms with Gasteiger partial charge in [0.25, 0.3) is 0 Å². The minimum atomic E-state index is 0.197. The number of hydrogen-bond donors (Lipinski definition) is 1. The van der Waals surface area contributed by atoms with Gasteiger partial charge in [-0.15, -0.1) is 0 Å². The molecule has 1 aromatic heterocycles. The van der Waals surface area contributed by atoms with Crippen molar-refractivity contribution in [2.24, 2.45) is 11.7 Å². The lowest BCUT2D eigenvalue weighted by molar-refractivity contribution is 0.528. The average molecular weight is 225 g/mol. The number of nitrogens with two attached hydrogens (primary N) is 1. The van der Waals surface area contributed by atoms with Gasteiger partial charge in [-0.3, -0.25) is 4.68 Å². The van der Waals surface area contributed by atoms with Crippen molar-refractivity contribution in [3.05, 3.63) is 17.0 Å². The van der Waals surface area contributed by atoms with Crippen LogP contribution in [-0.4, -0.2) is 14.8 Å². The van der Waals surface area contributed by atoms with Gasteiger partial charge in [-0.2, -0.15) is 5.10 Å². The van der Waals surface area contributed by atoms with Gasteiger partial charge in [0, 0.05) is 11.6 Å². The van der Waals surface area contributed by atoms with E-state index >= 15 is 0 Å². The Kier molecular flexibility index (Phi) is 3.85. The third-order valence-electron chi connectivity index (χ3n) is 2.82. The Balaban J connectivity index is 2.91. The quantitative estimate of drug-likeness (QED) is 0.797. The highest BCUT2D eigenvalue weighted by Crippen LogP contribution is 2.14. The molecule has 3 nitrogen and oxygen atoms in total. The molecule has 1 aromatic rings. The van der Waals surface area contributed by atoms with Crippen LogP contribution in [0.25, 0.3) is 0 Å². The van der Waals surface area contributed by atoms with Crippen molar-refractivity contribution in [2.45, 2.75) is 40.7 Å². The summed E-state index contributed by atoms with van der Waals surface area (Å²) < 4.78 is 2.01. The molecule has 0 aliphatic rings. The molecule has 0 saturated carbocycles. The molecule has 1 atom stereocenters. The summed E-state index contributed by atoms with van der Waals surface area (Å²) in [5, 5.41) is 4.50. The molecule has 1 heterocycles. The van der Waals surface area contributed by atoms with Crippen molar-refractivity contribution in [1.29, 1.82) is 0 Å². The molecular weight excluding hydrogens is 206 g/mol. The lowest BCUT2D eigenvalue weighted by atomic mass is 10.1. The summed E-state index contributed by atoms with van der Waals surface area (Å²) in [5.74, 6) is 0.197. The smallest absolute Gasteiger partial charge is 0.0774 e. The zero-order valence-corrected chi connectivity index (χ0v) is 10.7. The van der Waals surface area contributed by atoms with Gasteiger partial charge >= 0.3 is 0 Å². The highest BCUT2D eigenvalue weighted by molar-refractivity contribution is 7.80. The van der Waals surface area contributed by atoms with E-state index in [1.807, 2.05) is 18.5 Å². The first-order chi connectivity index (χ1) is 6.97. The second-order valence-electron chi connectivity index (χ2n) is 3.99. The number of nitrogens with zero attached hydrogens (tertiary/aromatic N) is 2.